The molecule has 25 heavy (non-hydrogen) atoms. The van der Waals surface area contributed by atoms with Crippen molar-refractivity contribution in [1.29, 1.82) is 0 Å². The van der Waals surface area contributed by atoms with E-state index in [1.807, 2.05) is 20.8 Å². The van der Waals surface area contributed by atoms with Crippen molar-refractivity contribution in [3.8, 4) is 0 Å². The summed E-state index contributed by atoms with van der Waals surface area (Å²) in [5.74, 6) is 1.44. The van der Waals surface area contributed by atoms with Crippen molar-refractivity contribution in [1.82, 2.24) is 0 Å². The van der Waals surface area contributed by atoms with Crippen molar-refractivity contribution < 1.29 is 19.1 Å². The molecule has 0 saturated heterocycles. The van der Waals surface area contributed by atoms with Crippen molar-refractivity contribution in [3.05, 3.63) is 24.3 Å². The number of hydrogen-bond acceptors (Lipinski definition) is 6. The molecule has 0 spiro atoms. The molecule has 0 aromatic rings. The predicted molar refractivity (Wildman–Crippen MR) is 109 cm³/mol. The highest BCUT2D eigenvalue weighted by atomic mass is 32.2. The van der Waals surface area contributed by atoms with E-state index in [2.05, 4.69) is 13.2 Å². The fourth-order valence-corrected chi connectivity index (χ4v) is 3.58. The van der Waals surface area contributed by atoms with Crippen LogP contribution >= 0.6 is 23.5 Å². The van der Waals surface area contributed by atoms with Crippen molar-refractivity contribution in [2.45, 2.75) is 59.2 Å². The van der Waals surface area contributed by atoms with E-state index in [4.69, 9.17) is 9.47 Å². The van der Waals surface area contributed by atoms with E-state index < -0.39 is 0 Å². The van der Waals surface area contributed by atoms with Crippen molar-refractivity contribution >= 4 is 33.8 Å². The minimum atomic E-state index is -0.293. The lowest BCUT2D eigenvalue weighted by atomic mass is 10.1. The van der Waals surface area contributed by atoms with Gasteiger partial charge in [0.05, 0.1) is 24.9 Å². The van der Waals surface area contributed by atoms with Crippen LogP contribution in [0.5, 0.6) is 0 Å². The van der Waals surface area contributed by atoms with E-state index in [0.29, 0.717) is 30.1 Å². The van der Waals surface area contributed by atoms with Gasteiger partial charge in [-0.25, -0.2) is 0 Å². The third-order valence-corrected chi connectivity index (χ3v) is 5.44. The Balaban J connectivity index is 3.79. The molecule has 0 bridgehead atoms. The number of ether oxygens (including phenoxy) is 2. The zero-order chi connectivity index (χ0) is 19.5. The summed E-state index contributed by atoms with van der Waals surface area (Å²) >= 11 is 2.57. The van der Waals surface area contributed by atoms with Gasteiger partial charge in [-0.2, -0.15) is 0 Å². The summed E-state index contributed by atoms with van der Waals surface area (Å²) in [6.07, 6.45) is 1.68. The number of rotatable bonds is 13. The zero-order valence-electron chi connectivity index (χ0n) is 16.2. The molecule has 0 fully saturated rings. The number of carbonyl (C=O) groups is 2. The van der Waals surface area contributed by atoms with Crippen LogP contribution in [0.2, 0.25) is 0 Å². The normalized spacial score (nSPS) is 12.7. The van der Waals surface area contributed by atoms with Crippen molar-refractivity contribution in [2.75, 3.05) is 24.7 Å². The van der Waals surface area contributed by atoms with Gasteiger partial charge in [0.2, 0.25) is 10.2 Å². The maximum absolute atomic E-state index is 11.5. The number of carbonyl (C=O) groups excluding carboxylic acids is 2. The Morgan fingerprint density at radius 1 is 1.00 bits per heavy atom. The van der Waals surface area contributed by atoms with Crippen LogP contribution in [0.3, 0.4) is 0 Å². The van der Waals surface area contributed by atoms with E-state index >= 15 is 0 Å². The van der Waals surface area contributed by atoms with Crippen LogP contribution < -0.4 is 0 Å². The van der Waals surface area contributed by atoms with Crippen LogP contribution in [-0.4, -0.2) is 46.7 Å². The molecule has 0 amide bonds. The molecule has 0 aliphatic heterocycles. The van der Waals surface area contributed by atoms with Crippen LogP contribution in [0, 0.1) is 0 Å². The van der Waals surface area contributed by atoms with E-state index in [0.717, 1.165) is 18.6 Å². The molecule has 0 saturated carbocycles. The van der Waals surface area contributed by atoms with Crippen LogP contribution in [0.25, 0.3) is 0 Å². The smallest absolute Gasteiger partial charge is 0.214 e. The molecule has 0 aromatic carbocycles. The van der Waals surface area contributed by atoms with Gasteiger partial charge in [-0.1, -0.05) is 36.7 Å². The summed E-state index contributed by atoms with van der Waals surface area (Å²) in [7, 11) is 0. The number of hydrogen-bond donors (Lipinski definition) is 0. The van der Waals surface area contributed by atoms with Gasteiger partial charge in [0.25, 0.3) is 0 Å². The quantitative estimate of drug-likeness (QED) is 0.338. The minimum Gasteiger partial charge on any atom is -0.376 e. The zero-order valence-corrected chi connectivity index (χ0v) is 17.8. The Bertz CT molecular complexity index is 472. The SMILES string of the molecule is C=C(C)C(=O)SCCC(C)OCCOC(C)(C)CCSC(=O)C(=C)C. The van der Waals surface area contributed by atoms with E-state index in [9.17, 15) is 9.59 Å². The largest absolute Gasteiger partial charge is 0.376 e. The molecule has 4 nitrogen and oxygen atoms in total. The minimum absolute atomic E-state index is 0.0379. The molecule has 0 heterocycles. The third kappa shape index (κ3) is 13.3. The maximum atomic E-state index is 11.5. The second kappa shape index (κ2) is 12.7. The van der Waals surface area contributed by atoms with Crippen LogP contribution in [-0.2, 0) is 19.1 Å². The molecule has 0 aromatic heterocycles. The first kappa shape index (κ1) is 24.4. The summed E-state index contributed by atoms with van der Waals surface area (Å²) in [5, 5.41) is 0.0799. The molecular weight excluding hydrogens is 356 g/mol. The fraction of sp³-hybridized carbons (Fsp3) is 0.684. The lowest BCUT2D eigenvalue weighted by Crippen LogP contribution is -2.28. The maximum Gasteiger partial charge on any atom is 0.214 e. The molecule has 0 aliphatic carbocycles. The molecular formula is C19H32O4S2. The molecule has 0 rings (SSSR count). The van der Waals surface area contributed by atoms with Gasteiger partial charge in [0, 0.05) is 11.5 Å². The second-order valence-corrected chi connectivity index (χ2v) is 8.80. The Hall–Kier alpha value is -0.560. The van der Waals surface area contributed by atoms with E-state index in [-0.39, 0.29) is 21.9 Å². The van der Waals surface area contributed by atoms with Gasteiger partial charge >= 0.3 is 0 Å². The Labute approximate surface area is 161 Å². The van der Waals surface area contributed by atoms with Gasteiger partial charge in [0.15, 0.2) is 0 Å². The molecule has 6 heteroatoms. The summed E-state index contributed by atoms with van der Waals surface area (Å²) in [6, 6.07) is 0. The Morgan fingerprint density at radius 3 is 2.04 bits per heavy atom. The first-order valence-electron chi connectivity index (χ1n) is 8.46. The first-order chi connectivity index (χ1) is 11.5. The summed E-state index contributed by atoms with van der Waals surface area (Å²) in [5.41, 5.74) is 0.866. The average molecular weight is 389 g/mol. The fourth-order valence-electron chi connectivity index (χ4n) is 1.68. The van der Waals surface area contributed by atoms with Gasteiger partial charge in [-0.05, 0) is 58.6 Å². The van der Waals surface area contributed by atoms with E-state index in [1.54, 1.807) is 13.8 Å². The predicted octanol–water partition coefficient (Wildman–Crippen LogP) is 4.64. The van der Waals surface area contributed by atoms with Gasteiger partial charge in [-0.3, -0.25) is 9.59 Å². The highest BCUT2D eigenvalue weighted by Crippen LogP contribution is 2.20. The summed E-state index contributed by atoms with van der Waals surface area (Å²) in [4.78, 5) is 22.9. The Morgan fingerprint density at radius 2 is 1.52 bits per heavy atom. The summed E-state index contributed by atoms with van der Waals surface area (Å²) < 4.78 is 11.6. The van der Waals surface area contributed by atoms with Crippen LogP contribution in [0.1, 0.15) is 47.5 Å². The second-order valence-electron chi connectivity index (χ2n) is 6.66. The lowest BCUT2D eigenvalue weighted by molar-refractivity contribution is -0.108. The average Bonchev–Trinajstić information content (AvgIpc) is 2.50. The van der Waals surface area contributed by atoms with Crippen LogP contribution in [0.15, 0.2) is 24.3 Å². The summed E-state index contributed by atoms with van der Waals surface area (Å²) in [6.45, 7) is 17.8. The van der Waals surface area contributed by atoms with Gasteiger partial charge < -0.3 is 9.47 Å². The molecule has 0 N–H and O–H groups in total. The van der Waals surface area contributed by atoms with Crippen molar-refractivity contribution in [3.63, 3.8) is 0 Å². The standard InChI is InChI=1S/C19H32O4S2/c1-14(2)17(20)24-12-8-16(5)22-10-11-23-19(6,7)9-13-25-18(21)15(3)4/h16H,1,3,8-13H2,2,4-7H3. The van der Waals surface area contributed by atoms with Gasteiger partial charge in [-0.15, -0.1) is 0 Å². The molecule has 1 unspecified atom stereocenters. The van der Waals surface area contributed by atoms with E-state index in [1.165, 1.54) is 23.5 Å². The lowest BCUT2D eigenvalue weighted by Gasteiger charge is -2.25. The molecule has 0 aliphatic rings. The molecule has 1 atom stereocenters. The number of thioether (sulfide) groups is 2. The first-order valence-corrected chi connectivity index (χ1v) is 10.4. The third-order valence-electron chi connectivity index (χ3n) is 3.37. The Kier molecular flexibility index (Phi) is 12.5. The van der Waals surface area contributed by atoms with Gasteiger partial charge in [0.1, 0.15) is 0 Å². The van der Waals surface area contributed by atoms with Crippen molar-refractivity contribution in [2.24, 2.45) is 0 Å². The molecule has 0 radical (unpaired) electrons. The molecule has 144 valence electrons. The highest BCUT2D eigenvalue weighted by Gasteiger charge is 2.19. The topological polar surface area (TPSA) is 52.6 Å². The monoisotopic (exact) mass is 388 g/mol. The van der Waals surface area contributed by atoms with Crippen LogP contribution in [0.4, 0.5) is 0 Å². The highest BCUT2D eigenvalue weighted by molar-refractivity contribution is 8.14.